The molecule has 0 atom stereocenters. The van der Waals surface area contributed by atoms with E-state index < -0.39 is 0 Å². The topological polar surface area (TPSA) is 32.3 Å². The number of nitrogens with zero attached hydrogens (tertiary/aromatic N) is 1. The third kappa shape index (κ3) is 3.11. The minimum absolute atomic E-state index is 0.0123. The molecular formula is C14H16N2OS. The Balaban J connectivity index is 1.92. The van der Waals surface area contributed by atoms with E-state index in [1.54, 1.807) is 0 Å². The fourth-order valence-electron chi connectivity index (χ4n) is 1.59. The molecule has 0 aliphatic heterocycles. The molecule has 2 aromatic rings. The number of rotatable bonds is 4. The summed E-state index contributed by atoms with van der Waals surface area (Å²) in [6.45, 7) is 0.560. The molecule has 1 amide bonds. The van der Waals surface area contributed by atoms with Crippen LogP contribution < -0.4 is 10.2 Å². The van der Waals surface area contributed by atoms with Crippen molar-refractivity contribution in [2.24, 2.45) is 0 Å². The van der Waals surface area contributed by atoms with Crippen molar-refractivity contribution in [1.82, 2.24) is 5.32 Å². The maximum atomic E-state index is 11.7. The molecule has 0 saturated heterocycles. The van der Waals surface area contributed by atoms with Crippen molar-refractivity contribution in [2.75, 3.05) is 19.0 Å². The molecule has 1 aromatic carbocycles. The summed E-state index contributed by atoms with van der Waals surface area (Å²) in [6, 6.07) is 11.9. The van der Waals surface area contributed by atoms with Gasteiger partial charge in [0, 0.05) is 26.3 Å². The Morgan fingerprint density at radius 3 is 2.50 bits per heavy atom. The largest absolute Gasteiger partial charge is 0.378 e. The first-order chi connectivity index (χ1) is 8.66. The molecule has 0 bridgehead atoms. The van der Waals surface area contributed by atoms with E-state index >= 15 is 0 Å². The Hall–Kier alpha value is -1.81. The van der Waals surface area contributed by atoms with Crippen LogP contribution in [0, 0.1) is 0 Å². The van der Waals surface area contributed by atoms with Crippen LogP contribution >= 0.6 is 11.3 Å². The first kappa shape index (κ1) is 12.6. The second kappa shape index (κ2) is 5.69. The fourth-order valence-corrected chi connectivity index (χ4v) is 2.23. The lowest BCUT2D eigenvalue weighted by Gasteiger charge is -2.12. The Morgan fingerprint density at radius 1 is 1.22 bits per heavy atom. The highest BCUT2D eigenvalue weighted by Gasteiger charge is 2.05. The zero-order valence-electron chi connectivity index (χ0n) is 10.5. The van der Waals surface area contributed by atoms with Gasteiger partial charge in [-0.1, -0.05) is 18.2 Å². The van der Waals surface area contributed by atoms with Crippen molar-refractivity contribution in [1.29, 1.82) is 0 Å². The molecule has 0 unspecified atom stereocenters. The first-order valence-electron chi connectivity index (χ1n) is 5.75. The highest BCUT2D eigenvalue weighted by Crippen LogP contribution is 2.12. The predicted molar refractivity (Wildman–Crippen MR) is 76.3 cm³/mol. The lowest BCUT2D eigenvalue weighted by molar-refractivity contribution is 0.0955. The minimum atomic E-state index is -0.0123. The standard InChI is InChI=1S/C14H16N2OS/c1-16(2)12-7-5-11(6-8-12)10-15-14(17)13-4-3-9-18-13/h3-9H,10H2,1-2H3,(H,15,17). The van der Waals surface area contributed by atoms with Crippen molar-refractivity contribution >= 4 is 22.9 Å². The second-order valence-corrected chi connectivity index (χ2v) is 5.17. The monoisotopic (exact) mass is 260 g/mol. The fraction of sp³-hybridized carbons (Fsp3) is 0.214. The zero-order valence-corrected chi connectivity index (χ0v) is 11.3. The van der Waals surface area contributed by atoms with Crippen LogP contribution in [0.5, 0.6) is 0 Å². The number of nitrogens with one attached hydrogen (secondary N) is 1. The normalized spacial score (nSPS) is 10.1. The Morgan fingerprint density at radius 2 is 1.94 bits per heavy atom. The molecule has 0 saturated carbocycles. The number of carbonyl (C=O) groups is 1. The lowest BCUT2D eigenvalue weighted by Crippen LogP contribution is -2.21. The molecule has 94 valence electrons. The van der Waals surface area contributed by atoms with Crippen LogP contribution in [0.4, 0.5) is 5.69 Å². The highest BCUT2D eigenvalue weighted by molar-refractivity contribution is 7.12. The summed E-state index contributed by atoms with van der Waals surface area (Å²) < 4.78 is 0. The molecule has 4 heteroatoms. The maximum Gasteiger partial charge on any atom is 0.261 e. The molecule has 0 fully saturated rings. The molecule has 1 aromatic heterocycles. The number of benzene rings is 1. The van der Waals surface area contributed by atoms with Gasteiger partial charge in [-0.3, -0.25) is 4.79 Å². The summed E-state index contributed by atoms with van der Waals surface area (Å²) in [4.78, 5) is 14.5. The van der Waals surface area contributed by atoms with Crippen LogP contribution in [0.25, 0.3) is 0 Å². The van der Waals surface area contributed by atoms with E-state index in [0.717, 1.165) is 16.1 Å². The summed E-state index contributed by atoms with van der Waals surface area (Å²) in [7, 11) is 4.02. The SMILES string of the molecule is CN(C)c1ccc(CNC(=O)c2cccs2)cc1. The summed E-state index contributed by atoms with van der Waals surface area (Å²) in [5.74, 6) is -0.0123. The summed E-state index contributed by atoms with van der Waals surface area (Å²) in [5.41, 5.74) is 2.26. The van der Waals surface area contributed by atoms with E-state index in [4.69, 9.17) is 0 Å². The first-order valence-corrected chi connectivity index (χ1v) is 6.63. The van der Waals surface area contributed by atoms with Crippen LogP contribution in [0.1, 0.15) is 15.2 Å². The van der Waals surface area contributed by atoms with Gasteiger partial charge in [0.1, 0.15) is 0 Å². The molecule has 1 heterocycles. The van der Waals surface area contributed by atoms with Crippen molar-refractivity contribution in [3.8, 4) is 0 Å². The summed E-state index contributed by atoms with van der Waals surface area (Å²) in [6.07, 6.45) is 0. The van der Waals surface area contributed by atoms with Gasteiger partial charge in [-0.15, -0.1) is 11.3 Å². The smallest absolute Gasteiger partial charge is 0.261 e. The van der Waals surface area contributed by atoms with Gasteiger partial charge >= 0.3 is 0 Å². The van der Waals surface area contributed by atoms with Crippen molar-refractivity contribution in [2.45, 2.75) is 6.54 Å². The molecule has 0 radical (unpaired) electrons. The predicted octanol–water partition coefficient (Wildman–Crippen LogP) is 2.74. The molecular weight excluding hydrogens is 244 g/mol. The average molecular weight is 260 g/mol. The van der Waals surface area contributed by atoms with Gasteiger partial charge in [-0.05, 0) is 29.1 Å². The van der Waals surface area contributed by atoms with Crippen LogP contribution in [-0.2, 0) is 6.54 Å². The third-order valence-corrected chi connectivity index (χ3v) is 3.52. The van der Waals surface area contributed by atoms with Gasteiger partial charge in [0.25, 0.3) is 5.91 Å². The van der Waals surface area contributed by atoms with Crippen molar-refractivity contribution in [3.63, 3.8) is 0 Å². The Kier molecular flexibility index (Phi) is 3.99. The van der Waals surface area contributed by atoms with Gasteiger partial charge < -0.3 is 10.2 Å². The zero-order chi connectivity index (χ0) is 13.0. The molecule has 3 nitrogen and oxygen atoms in total. The number of hydrogen-bond acceptors (Lipinski definition) is 3. The van der Waals surface area contributed by atoms with Gasteiger partial charge in [0.2, 0.25) is 0 Å². The molecule has 0 spiro atoms. The van der Waals surface area contributed by atoms with E-state index in [2.05, 4.69) is 5.32 Å². The number of amides is 1. The van der Waals surface area contributed by atoms with Crippen molar-refractivity contribution in [3.05, 3.63) is 52.2 Å². The summed E-state index contributed by atoms with van der Waals surface area (Å²) >= 11 is 1.45. The molecule has 0 aliphatic carbocycles. The Labute approximate surface area is 111 Å². The van der Waals surface area contributed by atoms with Crippen LogP contribution in [0.15, 0.2) is 41.8 Å². The van der Waals surface area contributed by atoms with Crippen LogP contribution in [0.3, 0.4) is 0 Å². The van der Waals surface area contributed by atoms with Crippen molar-refractivity contribution < 1.29 is 4.79 Å². The van der Waals surface area contributed by atoms with Gasteiger partial charge in [-0.2, -0.15) is 0 Å². The van der Waals surface area contributed by atoms with Gasteiger partial charge in [-0.25, -0.2) is 0 Å². The molecule has 18 heavy (non-hydrogen) atoms. The van der Waals surface area contributed by atoms with E-state index in [-0.39, 0.29) is 5.91 Å². The average Bonchev–Trinajstić information content (AvgIpc) is 2.90. The number of anilines is 1. The quantitative estimate of drug-likeness (QED) is 0.916. The second-order valence-electron chi connectivity index (χ2n) is 4.22. The van der Waals surface area contributed by atoms with E-state index in [9.17, 15) is 4.79 Å². The van der Waals surface area contributed by atoms with Crippen LogP contribution in [-0.4, -0.2) is 20.0 Å². The van der Waals surface area contributed by atoms with Crippen LogP contribution in [0.2, 0.25) is 0 Å². The van der Waals surface area contributed by atoms with Gasteiger partial charge in [0.05, 0.1) is 4.88 Å². The number of carbonyl (C=O) groups excluding carboxylic acids is 1. The lowest BCUT2D eigenvalue weighted by atomic mass is 10.2. The Bertz CT molecular complexity index is 503. The van der Waals surface area contributed by atoms with E-state index in [1.807, 2.05) is 60.8 Å². The summed E-state index contributed by atoms with van der Waals surface area (Å²) in [5, 5.41) is 4.81. The van der Waals surface area contributed by atoms with E-state index in [1.165, 1.54) is 11.3 Å². The molecule has 2 rings (SSSR count). The van der Waals surface area contributed by atoms with Gasteiger partial charge in [0.15, 0.2) is 0 Å². The third-order valence-electron chi connectivity index (χ3n) is 2.65. The minimum Gasteiger partial charge on any atom is -0.378 e. The number of thiophene rings is 1. The molecule has 1 N–H and O–H groups in total. The highest BCUT2D eigenvalue weighted by atomic mass is 32.1. The maximum absolute atomic E-state index is 11.7. The number of hydrogen-bond donors (Lipinski definition) is 1. The van der Waals surface area contributed by atoms with E-state index in [0.29, 0.717) is 6.54 Å². The molecule has 0 aliphatic rings.